The minimum atomic E-state index is -0.819. The van der Waals surface area contributed by atoms with Gasteiger partial charge in [-0.05, 0) is 67.6 Å². The Labute approximate surface area is 209 Å². The van der Waals surface area contributed by atoms with E-state index in [1.54, 1.807) is 35.5 Å². The number of rotatable bonds is 9. The number of nitrogens with one attached hydrogen (secondary N) is 1. The van der Waals surface area contributed by atoms with Crippen molar-refractivity contribution >= 4 is 11.8 Å². The first-order chi connectivity index (χ1) is 17.6. The number of pyridine rings is 1. The maximum Gasteiger partial charge on any atom is 0.247 e. The van der Waals surface area contributed by atoms with Gasteiger partial charge in [-0.25, -0.2) is 0 Å². The number of nitrogens with zero attached hydrogens (tertiary/aromatic N) is 6. The summed E-state index contributed by atoms with van der Waals surface area (Å²) in [4.78, 5) is 34.3. The molecule has 2 amide bonds. The summed E-state index contributed by atoms with van der Waals surface area (Å²) in [6.45, 7) is 2.61. The lowest BCUT2D eigenvalue weighted by Crippen LogP contribution is -2.49. The second-order valence-electron chi connectivity index (χ2n) is 9.41. The van der Waals surface area contributed by atoms with Crippen molar-refractivity contribution in [1.29, 1.82) is 0 Å². The largest absolute Gasteiger partial charge is 0.458 e. The van der Waals surface area contributed by atoms with E-state index in [2.05, 4.69) is 25.7 Å². The summed E-state index contributed by atoms with van der Waals surface area (Å²) in [6.07, 6.45) is 8.99. The van der Waals surface area contributed by atoms with E-state index >= 15 is 0 Å². The number of carbonyl (C=O) groups is 2. The summed E-state index contributed by atoms with van der Waals surface area (Å²) in [7, 11) is 0. The zero-order chi connectivity index (χ0) is 24.9. The van der Waals surface area contributed by atoms with Crippen LogP contribution in [0.5, 0.6) is 0 Å². The highest BCUT2D eigenvalue weighted by Crippen LogP contribution is 2.26. The Hall–Kier alpha value is -3.60. The number of aromatic nitrogens is 5. The van der Waals surface area contributed by atoms with Gasteiger partial charge >= 0.3 is 0 Å². The standard InChI is InChI=1S/C25H31N7O4/c1-17-8-9-21(36-17)24-28-30-32(29-24)16-22(33)31(15-20-7-4-14-35-20)23(18-10-12-26-13-11-18)25(34)27-19-5-2-3-6-19/h8-13,19-20,23H,2-7,14-16H2,1H3,(H,27,34)/t20-,23-/m0/s1. The van der Waals surface area contributed by atoms with E-state index in [4.69, 9.17) is 9.15 Å². The predicted octanol–water partition coefficient (Wildman–Crippen LogP) is 2.44. The number of tetrazole rings is 1. The Kier molecular flexibility index (Phi) is 7.36. The fourth-order valence-electron chi connectivity index (χ4n) is 4.90. The van der Waals surface area contributed by atoms with Crippen LogP contribution in [0.4, 0.5) is 0 Å². The molecule has 0 radical (unpaired) electrons. The molecule has 0 bridgehead atoms. The smallest absolute Gasteiger partial charge is 0.247 e. The van der Waals surface area contributed by atoms with Gasteiger partial charge in [-0.3, -0.25) is 14.6 Å². The number of hydrogen-bond donors (Lipinski definition) is 1. The van der Waals surface area contributed by atoms with Crippen LogP contribution < -0.4 is 5.32 Å². The first-order valence-corrected chi connectivity index (χ1v) is 12.5. The maximum atomic E-state index is 13.7. The highest BCUT2D eigenvalue weighted by molar-refractivity contribution is 5.89. The van der Waals surface area contributed by atoms with Gasteiger partial charge in [-0.15, -0.1) is 10.2 Å². The van der Waals surface area contributed by atoms with E-state index in [1.165, 1.54) is 4.80 Å². The van der Waals surface area contributed by atoms with Crippen LogP contribution in [0.3, 0.4) is 0 Å². The van der Waals surface area contributed by atoms with Crippen LogP contribution in [0.2, 0.25) is 0 Å². The Bertz CT molecular complexity index is 1170. The third-order valence-corrected chi connectivity index (χ3v) is 6.72. The summed E-state index contributed by atoms with van der Waals surface area (Å²) in [5.74, 6) is 1.01. The van der Waals surface area contributed by atoms with Crippen LogP contribution in [0.1, 0.15) is 55.9 Å². The molecule has 36 heavy (non-hydrogen) atoms. The molecule has 1 N–H and O–H groups in total. The molecule has 1 aliphatic heterocycles. The molecule has 1 saturated heterocycles. The topological polar surface area (TPSA) is 128 Å². The van der Waals surface area contributed by atoms with Crippen molar-refractivity contribution in [3.05, 3.63) is 48.0 Å². The fourth-order valence-corrected chi connectivity index (χ4v) is 4.90. The number of amides is 2. The van der Waals surface area contributed by atoms with E-state index < -0.39 is 6.04 Å². The van der Waals surface area contributed by atoms with Crippen LogP contribution in [0.25, 0.3) is 11.6 Å². The third-order valence-electron chi connectivity index (χ3n) is 6.72. The lowest BCUT2D eigenvalue weighted by atomic mass is 10.0. The van der Waals surface area contributed by atoms with Crippen molar-refractivity contribution in [1.82, 2.24) is 35.4 Å². The average Bonchev–Trinajstić information content (AvgIpc) is 3.68. The molecule has 11 nitrogen and oxygen atoms in total. The number of hydrogen-bond acceptors (Lipinski definition) is 8. The molecule has 1 saturated carbocycles. The summed E-state index contributed by atoms with van der Waals surface area (Å²) in [6, 6.07) is 6.43. The van der Waals surface area contributed by atoms with Gasteiger partial charge in [-0.1, -0.05) is 12.8 Å². The van der Waals surface area contributed by atoms with Crippen molar-refractivity contribution in [2.75, 3.05) is 13.2 Å². The molecule has 3 aromatic heterocycles. The van der Waals surface area contributed by atoms with Crippen LogP contribution in [0, 0.1) is 6.92 Å². The lowest BCUT2D eigenvalue weighted by Gasteiger charge is -2.33. The van der Waals surface area contributed by atoms with E-state index in [9.17, 15) is 9.59 Å². The minimum absolute atomic E-state index is 0.123. The quantitative estimate of drug-likeness (QED) is 0.481. The molecule has 0 aromatic carbocycles. The number of furan rings is 1. The Morgan fingerprint density at radius 1 is 1.14 bits per heavy atom. The van der Waals surface area contributed by atoms with Gasteiger partial charge < -0.3 is 19.4 Å². The first-order valence-electron chi connectivity index (χ1n) is 12.5. The molecular weight excluding hydrogens is 462 g/mol. The van der Waals surface area contributed by atoms with Crippen molar-refractivity contribution in [2.24, 2.45) is 0 Å². The third kappa shape index (κ3) is 5.62. The molecule has 2 aliphatic rings. The Morgan fingerprint density at radius 3 is 2.64 bits per heavy atom. The number of carbonyl (C=O) groups excluding carboxylic acids is 2. The number of ether oxygens (including phenoxy) is 1. The molecule has 190 valence electrons. The highest BCUT2D eigenvalue weighted by Gasteiger charge is 2.35. The monoisotopic (exact) mass is 493 g/mol. The maximum absolute atomic E-state index is 13.7. The van der Waals surface area contributed by atoms with Gasteiger partial charge in [0.1, 0.15) is 18.3 Å². The molecule has 2 fully saturated rings. The predicted molar refractivity (Wildman–Crippen MR) is 128 cm³/mol. The van der Waals surface area contributed by atoms with Gasteiger partial charge in [0.2, 0.25) is 17.6 Å². The van der Waals surface area contributed by atoms with Gasteiger partial charge in [0.15, 0.2) is 5.76 Å². The Morgan fingerprint density at radius 2 is 1.94 bits per heavy atom. The lowest BCUT2D eigenvalue weighted by molar-refractivity contribution is -0.143. The van der Waals surface area contributed by atoms with Crippen molar-refractivity contribution < 1.29 is 18.7 Å². The van der Waals surface area contributed by atoms with Crippen molar-refractivity contribution in [3.8, 4) is 11.6 Å². The highest BCUT2D eigenvalue weighted by atomic mass is 16.5. The van der Waals surface area contributed by atoms with E-state index in [1.807, 2.05) is 13.0 Å². The molecule has 0 unspecified atom stereocenters. The van der Waals surface area contributed by atoms with E-state index in [-0.39, 0.29) is 30.5 Å². The molecule has 4 heterocycles. The minimum Gasteiger partial charge on any atom is -0.458 e. The average molecular weight is 494 g/mol. The van der Waals surface area contributed by atoms with Gasteiger partial charge in [0, 0.05) is 31.6 Å². The molecule has 11 heteroatoms. The summed E-state index contributed by atoms with van der Waals surface area (Å²) >= 11 is 0. The van der Waals surface area contributed by atoms with Crippen LogP contribution in [-0.2, 0) is 20.9 Å². The van der Waals surface area contributed by atoms with Crippen molar-refractivity contribution in [3.63, 3.8) is 0 Å². The molecule has 3 aromatic rings. The van der Waals surface area contributed by atoms with Crippen molar-refractivity contribution in [2.45, 2.75) is 70.2 Å². The molecular formula is C25H31N7O4. The zero-order valence-electron chi connectivity index (χ0n) is 20.4. The summed E-state index contributed by atoms with van der Waals surface area (Å²) < 4.78 is 11.4. The van der Waals surface area contributed by atoms with Crippen LogP contribution in [-0.4, -0.2) is 67.2 Å². The van der Waals surface area contributed by atoms with E-state index in [0.717, 1.165) is 44.3 Å². The van der Waals surface area contributed by atoms with Gasteiger partial charge in [0.25, 0.3) is 0 Å². The molecule has 0 spiro atoms. The normalized spacial score (nSPS) is 18.9. The summed E-state index contributed by atoms with van der Waals surface area (Å²) in [5, 5.41) is 15.6. The second-order valence-corrected chi connectivity index (χ2v) is 9.41. The fraction of sp³-hybridized carbons (Fsp3) is 0.520. The second kappa shape index (κ2) is 11.0. The van der Waals surface area contributed by atoms with Crippen LogP contribution >= 0.6 is 0 Å². The zero-order valence-corrected chi connectivity index (χ0v) is 20.4. The SMILES string of the molecule is Cc1ccc(-c2nnn(CC(=O)N(C[C@@H]3CCCO3)[C@H](C(=O)NC3CCCC3)c3ccncc3)n2)o1. The van der Waals surface area contributed by atoms with Gasteiger partial charge in [-0.2, -0.15) is 4.80 Å². The number of aryl methyl sites for hydroxylation is 1. The molecule has 1 aliphatic carbocycles. The van der Waals surface area contributed by atoms with E-state index in [0.29, 0.717) is 30.3 Å². The Balaban J connectivity index is 1.41. The summed E-state index contributed by atoms with van der Waals surface area (Å²) in [5.41, 5.74) is 0.699. The van der Waals surface area contributed by atoms with Gasteiger partial charge in [0.05, 0.1) is 6.10 Å². The molecule has 5 rings (SSSR count). The van der Waals surface area contributed by atoms with Crippen LogP contribution in [0.15, 0.2) is 41.1 Å². The molecule has 2 atom stereocenters. The first kappa shape index (κ1) is 24.1.